The number of pyridine rings is 1. The molecule has 0 fully saturated rings. The van der Waals surface area contributed by atoms with Gasteiger partial charge < -0.3 is 5.32 Å². The summed E-state index contributed by atoms with van der Waals surface area (Å²) in [6.07, 6.45) is 3.73. The highest BCUT2D eigenvalue weighted by Crippen LogP contribution is 2.27. The van der Waals surface area contributed by atoms with Gasteiger partial charge in [0.1, 0.15) is 5.82 Å². The van der Waals surface area contributed by atoms with Crippen molar-refractivity contribution in [2.75, 3.05) is 5.32 Å². The summed E-state index contributed by atoms with van der Waals surface area (Å²) in [4.78, 5) is 14.1. The van der Waals surface area contributed by atoms with Crippen LogP contribution in [0.1, 0.15) is 5.56 Å². The number of hydrogen-bond acceptors (Lipinski definition) is 4. The summed E-state index contributed by atoms with van der Waals surface area (Å²) in [6, 6.07) is 34.7. The third kappa shape index (κ3) is 4.55. The Bertz CT molecular complexity index is 1300. The van der Waals surface area contributed by atoms with Crippen molar-refractivity contribution < 1.29 is 0 Å². The fourth-order valence-electron chi connectivity index (χ4n) is 3.56. The van der Waals surface area contributed by atoms with Crippen LogP contribution in [0.4, 0.5) is 5.82 Å². The van der Waals surface area contributed by atoms with E-state index in [1.165, 1.54) is 5.56 Å². The summed E-state index contributed by atoms with van der Waals surface area (Å²) >= 11 is 0. The maximum atomic E-state index is 4.87. The molecular formula is C28H22N4. The van der Waals surface area contributed by atoms with E-state index in [9.17, 15) is 0 Å². The summed E-state index contributed by atoms with van der Waals surface area (Å²) < 4.78 is 0. The van der Waals surface area contributed by atoms with Crippen LogP contribution in [0.25, 0.3) is 33.8 Å². The topological polar surface area (TPSA) is 50.7 Å². The maximum absolute atomic E-state index is 4.87. The smallest absolute Gasteiger partial charge is 0.162 e. The molecule has 0 atom stereocenters. The van der Waals surface area contributed by atoms with Gasteiger partial charge in [-0.25, -0.2) is 9.97 Å². The Morgan fingerprint density at radius 1 is 0.562 bits per heavy atom. The van der Waals surface area contributed by atoms with Crippen molar-refractivity contribution in [3.8, 4) is 33.8 Å². The molecule has 32 heavy (non-hydrogen) atoms. The Kier molecular flexibility index (Phi) is 5.66. The first kappa shape index (κ1) is 19.6. The fraction of sp³-hybridized carbons (Fsp3) is 0.0357. The lowest BCUT2D eigenvalue weighted by Gasteiger charge is -2.11. The van der Waals surface area contributed by atoms with Gasteiger partial charge in [0.25, 0.3) is 0 Å². The molecular weight excluding hydrogens is 392 g/mol. The minimum Gasteiger partial charge on any atom is -0.366 e. The standard InChI is InChI=1S/C28H22N4/c1-4-10-21(11-5-1)18-30-27-17-26(31-28(32-27)23-14-8-3-9-15-23)25-16-24(19-29-20-25)22-12-6-2-7-13-22/h1-17,19-20H,18H2,(H,30,31,32). The van der Waals surface area contributed by atoms with Crippen LogP contribution >= 0.6 is 0 Å². The largest absolute Gasteiger partial charge is 0.366 e. The van der Waals surface area contributed by atoms with Gasteiger partial charge >= 0.3 is 0 Å². The first-order chi connectivity index (χ1) is 15.8. The highest BCUT2D eigenvalue weighted by atomic mass is 15.0. The minimum absolute atomic E-state index is 0.684. The Morgan fingerprint density at radius 3 is 1.91 bits per heavy atom. The normalized spacial score (nSPS) is 10.6. The summed E-state index contributed by atoms with van der Waals surface area (Å²) in [7, 11) is 0. The van der Waals surface area contributed by atoms with E-state index >= 15 is 0 Å². The van der Waals surface area contributed by atoms with Crippen LogP contribution in [0.5, 0.6) is 0 Å². The second kappa shape index (κ2) is 9.23. The molecule has 0 aliphatic carbocycles. The van der Waals surface area contributed by atoms with Gasteiger partial charge in [0.2, 0.25) is 0 Å². The predicted molar refractivity (Wildman–Crippen MR) is 130 cm³/mol. The first-order valence-electron chi connectivity index (χ1n) is 10.6. The molecule has 5 rings (SSSR count). The molecule has 5 aromatic rings. The molecule has 0 aliphatic heterocycles. The van der Waals surface area contributed by atoms with E-state index in [1.807, 2.05) is 85.2 Å². The molecule has 3 aromatic carbocycles. The lowest BCUT2D eigenvalue weighted by molar-refractivity contribution is 1.09. The summed E-state index contributed by atoms with van der Waals surface area (Å²) in [5.74, 6) is 1.46. The molecule has 2 aromatic heterocycles. The number of rotatable bonds is 6. The molecule has 4 heteroatoms. The van der Waals surface area contributed by atoms with Crippen molar-refractivity contribution in [1.82, 2.24) is 15.0 Å². The lowest BCUT2D eigenvalue weighted by atomic mass is 10.0. The van der Waals surface area contributed by atoms with Crippen molar-refractivity contribution in [2.24, 2.45) is 0 Å². The van der Waals surface area contributed by atoms with Crippen molar-refractivity contribution in [3.05, 3.63) is 121 Å². The average molecular weight is 415 g/mol. The van der Waals surface area contributed by atoms with Crippen LogP contribution in [-0.4, -0.2) is 15.0 Å². The van der Waals surface area contributed by atoms with E-state index in [0.717, 1.165) is 33.8 Å². The number of anilines is 1. The van der Waals surface area contributed by atoms with Gasteiger partial charge in [-0.15, -0.1) is 0 Å². The number of hydrogen-bond donors (Lipinski definition) is 1. The van der Waals surface area contributed by atoms with Gasteiger partial charge in [0.15, 0.2) is 5.82 Å². The van der Waals surface area contributed by atoms with Crippen LogP contribution in [0.2, 0.25) is 0 Å². The van der Waals surface area contributed by atoms with Crippen molar-refractivity contribution in [3.63, 3.8) is 0 Å². The zero-order chi connectivity index (χ0) is 21.6. The zero-order valence-corrected chi connectivity index (χ0v) is 17.5. The second-order valence-corrected chi connectivity index (χ2v) is 7.50. The minimum atomic E-state index is 0.684. The van der Waals surface area contributed by atoms with Crippen LogP contribution in [-0.2, 0) is 6.54 Å². The van der Waals surface area contributed by atoms with Crippen LogP contribution < -0.4 is 5.32 Å². The third-order valence-corrected chi connectivity index (χ3v) is 5.22. The van der Waals surface area contributed by atoms with E-state index in [1.54, 1.807) is 0 Å². The van der Waals surface area contributed by atoms with Gasteiger partial charge in [-0.3, -0.25) is 4.98 Å². The van der Waals surface area contributed by atoms with Gasteiger partial charge in [-0.05, 0) is 17.2 Å². The molecule has 0 spiro atoms. The molecule has 0 saturated carbocycles. The molecule has 154 valence electrons. The molecule has 0 aliphatic rings. The maximum Gasteiger partial charge on any atom is 0.162 e. The molecule has 2 heterocycles. The Balaban J connectivity index is 1.54. The Hall–Kier alpha value is -4.31. The molecule has 1 N–H and O–H groups in total. The monoisotopic (exact) mass is 414 g/mol. The number of aromatic nitrogens is 3. The Labute approximate surface area is 187 Å². The van der Waals surface area contributed by atoms with Gasteiger partial charge in [0, 0.05) is 41.7 Å². The van der Waals surface area contributed by atoms with Crippen molar-refractivity contribution in [1.29, 1.82) is 0 Å². The van der Waals surface area contributed by atoms with Gasteiger partial charge in [0.05, 0.1) is 5.69 Å². The zero-order valence-electron chi connectivity index (χ0n) is 17.5. The quantitative estimate of drug-likeness (QED) is 0.345. The summed E-state index contributed by atoms with van der Waals surface area (Å²) in [5, 5.41) is 3.46. The van der Waals surface area contributed by atoms with E-state index in [4.69, 9.17) is 9.97 Å². The number of nitrogens with one attached hydrogen (secondary N) is 1. The summed E-state index contributed by atoms with van der Waals surface area (Å²) in [6.45, 7) is 0.688. The molecule has 0 saturated heterocycles. The Morgan fingerprint density at radius 2 is 1.19 bits per heavy atom. The van der Waals surface area contributed by atoms with E-state index in [2.05, 4.69) is 40.6 Å². The molecule has 4 nitrogen and oxygen atoms in total. The van der Waals surface area contributed by atoms with E-state index in [0.29, 0.717) is 12.4 Å². The van der Waals surface area contributed by atoms with Gasteiger partial charge in [-0.1, -0.05) is 91.0 Å². The van der Waals surface area contributed by atoms with Gasteiger partial charge in [-0.2, -0.15) is 0 Å². The fourth-order valence-corrected chi connectivity index (χ4v) is 3.56. The lowest BCUT2D eigenvalue weighted by Crippen LogP contribution is -2.04. The first-order valence-corrected chi connectivity index (χ1v) is 10.6. The molecule has 0 bridgehead atoms. The SMILES string of the molecule is c1ccc(CNc2cc(-c3cncc(-c4ccccc4)c3)nc(-c3ccccc3)n2)cc1. The van der Waals surface area contributed by atoms with E-state index < -0.39 is 0 Å². The number of nitrogens with zero attached hydrogens (tertiary/aromatic N) is 3. The highest BCUT2D eigenvalue weighted by molar-refractivity contribution is 5.72. The molecule has 0 unspecified atom stereocenters. The predicted octanol–water partition coefficient (Wildman–Crippen LogP) is 6.48. The van der Waals surface area contributed by atoms with Crippen molar-refractivity contribution >= 4 is 5.82 Å². The highest BCUT2D eigenvalue weighted by Gasteiger charge is 2.10. The van der Waals surface area contributed by atoms with Crippen LogP contribution in [0, 0.1) is 0 Å². The second-order valence-electron chi connectivity index (χ2n) is 7.50. The van der Waals surface area contributed by atoms with E-state index in [-0.39, 0.29) is 0 Å². The average Bonchev–Trinajstić information content (AvgIpc) is 2.89. The molecule has 0 amide bonds. The van der Waals surface area contributed by atoms with Crippen LogP contribution in [0.15, 0.2) is 116 Å². The summed E-state index contributed by atoms with van der Waals surface area (Å²) in [5.41, 5.74) is 6.14. The van der Waals surface area contributed by atoms with Crippen molar-refractivity contribution in [2.45, 2.75) is 6.54 Å². The third-order valence-electron chi connectivity index (χ3n) is 5.22. The van der Waals surface area contributed by atoms with Crippen LogP contribution in [0.3, 0.4) is 0 Å². The molecule has 0 radical (unpaired) electrons. The number of benzene rings is 3.